The third-order valence-corrected chi connectivity index (χ3v) is 5.60. The van der Waals surface area contributed by atoms with E-state index in [9.17, 15) is 13.0 Å². The summed E-state index contributed by atoms with van der Waals surface area (Å²) in [5.74, 6) is 0. The molecule has 0 saturated carbocycles. The molecule has 0 unspecified atom stereocenters. The molecule has 2 aromatic rings. The minimum Gasteiger partial charge on any atom is -0.744 e. The molecule has 1 aliphatic rings. The molecule has 134 valence electrons. The molecule has 0 N–H and O–H groups in total. The third kappa shape index (κ3) is 4.55. The van der Waals surface area contributed by atoms with Gasteiger partial charge in [-0.15, -0.1) is 0 Å². The van der Waals surface area contributed by atoms with Crippen molar-refractivity contribution < 1.29 is 17.5 Å². The number of rotatable bonds is 1. The lowest BCUT2D eigenvalue weighted by Crippen LogP contribution is -2.43. The Balaban J connectivity index is 0.000000186. The Hall–Kier alpha value is -1.98. The zero-order chi connectivity index (χ0) is 18.8. The summed E-state index contributed by atoms with van der Waals surface area (Å²) < 4.78 is 33.6. The first-order valence-electron chi connectivity index (χ1n) is 8.20. The van der Waals surface area contributed by atoms with E-state index in [0.717, 1.165) is 12.0 Å². The van der Waals surface area contributed by atoms with Gasteiger partial charge in [0.15, 0.2) is 11.3 Å². The number of aryl methyl sites for hydroxylation is 1. The Morgan fingerprint density at radius 3 is 2.12 bits per heavy atom. The summed E-state index contributed by atoms with van der Waals surface area (Å²) in [4.78, 5) is -0.178. The smallest absolute Gasteiger partial charge is 0.180 e. The molecule has 0 atom stereocenters. The number of hydrogen-bond acceptors (Lipinski definition) is 3. The SMILES string of the molecule is CC1=[N+](C)C(C)(C)Cc2ccccc21.Cc1ccc(S(=O)(=O)[O-])cc1. The Morgan fingerprint density at radius 1 is 1.00 bits per heavy atom. The summed E-state index contributed by atoms with van der Waals surface area (Å²) in [6.07, 6.45) is 1.14. The van der Waals surface area contributed by atoms with E-state index in [2.05, 4.69) is 56.7 Å². The Bertz CT molecular complexity index is 895. The predicted octanol–water partition coefficient (Wildman–Crippen LogP) is 3.37. The molecule has 1 aliphatic heterocycles. The lowest BCUT2D eigenvalue weighted by atomic mass is 9.86. The summed E-state index contributed by atoms with van der Waals surface area (Å²) >= 11 is 0. The van der Waals surface area contributed by atoms with Gasteiger partial charge in [0.1, 0.15) is 17.2 Å². The van der Waals surface area contributed by atoms with Crippen LogP contribution in [0.5, 0.6) is 0 Å². The highest BCUT2D eigenvalue weighted by Crippen LogP contribution is 2.25. The minimum absolute atomic E-state index is 0.178. The van der Waals surface area contributed by atoms with Crippen molar-refractivity contribution in [1.82, 2.24) is 0 Å². The van der Waals surface area contributed by atoms with Gasteiger partial charge < -0.3 is 4.55 Å². The molecular weight excluding hydrogens is 334 g/mol. The van der Waals surface area contributed by atoms with Crippen LogP contribution in [0.1, 0.15) is 37.5 Å². The Morgan fingerprint density at radius 2 is 1.56 bits per heavy atom. The summed E-state index contributed by atoms with van der Waals surface area (Å²) in [6, 6.07) is 14.5. The fourth-order valence-electron chi connectivity index (χ4n) is 2.95. The minimum atomic E-state index is -4.27. The van der Waals surface area contributed by atoms with Gasteiger partial charge in [-0.3, -0.25) is 0 Å². The van der Waals surface area contributed by atoms with Crippen LogP contribution in [0.25, 0.3) is 0 Å². The zero-order valence-electron chi connectivity index (χ0n) is 15.4. The van der Waals surface area contributed by atoms with Crippen molar-refractivity contribution in [3.8, 4) is 0 Å². The topological polar surface area (TPSA) is 60.2 Å². The van der Waals surface area contributed by atoms with Crippen molar-refractivity contribution in [1.29, 1.82) is 0 Å². The maximum atomic E-state index is 10.4. The van der Waals surface area contributed by atoms with E-state index in [0.29, 0.717) is 0 Å². The normalized spacial score (nSPS) is 15.9. The maximum Gasteiger partial charge on any atom is 0.180 e. The molecule has 0 amide bonds. The zero-order valence-corrected chi connectivity index (χ0v) is 16.2. The standard InChI is InChI=1S/C13H18N.C7H8O3S/c1-10-12-8-6-5-7-11(12)9-13(2,3)14(10)4;1-6-2-4-7(5-3-6)11(8,9)10/h5-8H,9H2,1-4H3;2-5H,1H3,(H,8,9,10)/q+1;/p-1. The first-order valence-corrected chi connectivity index (χ1v) is 9.61. The van der Waals surface area contributed by atoms with Crippen LogP contribution in [0.3, 0.4) is 0 Å². The van der Waals surface area contributed by atoms with E-state index < -0.39 is 10.1 Å². The number of nitrogens with zero attached hydrogens (tertiary/aromatic N) is 1. The first kappa shape index (κ1) is 19.3. The van der Waals surface area contributed by atoms with Gasteiger partial charge >= 0.3 is 0 Å². The van der Waals surface area contributed by atoms with Gasteiger partial charge in [-0.1, -0.05) is 35.9 Å². The summed E-state index contributed by atoms with van der Waals surface area (Å²) in [7, 11) is -2.08. The third-order valence-electron chi connectivity index (χ3n) is 4.75. The van der Waals surface area contributed by atoms with Crippen LogP contribution >= 0.6 is 0 Å². The van der Waals surface area contributed by atoms with Crippen LogP contribution < -0.4 is 0 Å². The van der Waals surface area contributed by atoms with Crippen molar-refractivity contribution in [2.45, 2.75) is 44.6 Å². The Labute approximate surface area is 150 Å². The molecule has 0 radical (unpaired) electrons. The monoisotopic (exact) mass is 359 g/mol. The fraction of sp³-hybridized carbons (Fsp3) is 0.350. The van der Waals surface area contributed by atoms with Gasteiger partial charge in [0.2, 0.25) is 0 Å². The van der Waals surface area contributed by atoms with Crippen molar-refractivity contribution in [2.75, 3.05) is 7.05 Å². The van der Waals surface area contributed by atoms with Gasteiger partial charge in [0.25, 0.3) is 0 Å². The van der Waals surface area contributed by atoms with E-state index in [1.807, 2.05) is 6.92 Å². The molecule has 5 heteroatoms. The largest absolute Gasteiger partial charge is 0.744 e. The number of benzene rings is 2. The van der Waals surface area contributed by atoms with E-state index in [1.165, 1.54) is 29.0 Å². The average Bonchev–Trinajstić information content (AvgIpc) is 2.53. The van der Waals surface area contributed by atoms with Gasteiger partial charge in [-0.05, 0) is 30.7 Å². The van der Waals surface area contributed by atoms with Crippen molar-refractivity contribution in [3.05, 3.63) is 65.2 Å². The van der Waals surface area contributed by atoms with Crippen molar-refractivity contribution in [3.63, 3.8) is 0 Å². The van der Waals surface area contributed by atoms with Crippen LogP contribution in [-0.2, 0) is 16.5 Å². The van der Waals surface area contributed by atoms with Gasteiger partial charge in [0.05, 0.1) is 4.90 Å². The van der Waals surface area contributed by atoms with Gasteiger partial charge in [0, 0.05) is 32.8 Å². The lowest BCUT2D eigenvalue weighted by Gasteiger charge is -2.28. The van der Waals surface area contributed by atoms with Crippen LogP contribution in [0, 0.1) is 6.92 Å². The molecule has 0 saturated heterocycles. The van der Waals surface area contributed by atoms with Crippen LogP contribution in [0.4, 0.5) is 0 Å². The second-order valence-electron chi connectivity index (χ2n) is 7.06. The molecule has 0 bridgehead atoms. The molecule has 1 heterocycles. The first-order chi connectivity index (χ1) is 11.5. The second kappa shape index (κ2) is 7.10. The number of fused-ring (bicyclic) bond motifs is 1. The summed E-state index contributed by atoms with van der Waals surface area (Å²) in [5.41, 5.74) is 5.45. The van der Waals surface area contributed by atoms with Crippen molar-refractivity contribution >= 4 is 15.8 Å². The van der Waals surface area contributed by atoms with E-state index in [1.54, 1.807) is 12.1 Å². The van der Waals surface area contributed by atoms with E-state index in [4.69, 9.17) is 0 Å². The molecule has 3 rings (SSSR count). The molecule has 2 aromatic carbocycles. The maximum absolute atomic E-state index is 10.4. The fourth-order valence-corrected chi connectivity index (χ4v) is 3.42. The van der Waals surface area contributed by atoms with Gasteiger partial charge in [-0.25, -0.2) is 13.0 Å². The molecule has 25 heavy (non-hydrogen) atoms. The highest BCUT2D eigenvalue weighted by Gasteiger charge is 2.35. The molecule has 0 aromatic heterocycles. The molecular formula is C20H25NO3S. The highest BCUT2D eigenvalue weighted by molar-refractivity contribution is 7.85. The van der Waals surface area contributed by atoms with Crippen LogP contribution in [0.2, 0.25) is 0 Å². The van der Waals surface area contributed by atoms with Crippen LogP contribution in [-0.4, -0.2) is 35.8 Å². The van der Waals surface area contributed by atoms with Crippen LogP contribution in [0.15, 0.2) is 53.4 Å². The quantitative estimate of drug-likeness (QED) is 0.579. The molecule has 0 fully saturated rings. The second-order valence-corrected chi connectivity index (χ2v) is 8.44. The van der Waals surface area contributed by atoms with Crippen molar-refractivity contribution in [2.24, 2.45) is 0 Å². The number of hydrogen-bond donors (Lipinski definition) is 0. The van der Waals surface area contributed by atoms with E-state index >= 15 is 0 Å². The predicted molar refractivity (Wildman–Crippen MR) is 99.3 cm³/mol. The molecule has 0 aliphatic carbocycles. The Kier molecular flexibility index (Phi) is 5.49. The van der Waals surface area contributed by atoms with E-state index in [-0.39, 0.29) is 10.4 Å². The molecule has 0 spiro atoms. The average molecular weight is 359 g/mol. The number of likely N-dealkylation sites (N-methyl/N-ethyl adjacent to an activating group) is 1. The highest BCUT2D eigenvalue weighted by atomic mass is 32.2. The van der Waals surface area contributed by atoms with Gasteiger partial charge in [-0.2, -0.15) is 0 Å². The lowest BCUT2D eigenvalue weighted by molar-refractivity contribution is -0.576. The summed E-state index contributed by atoms with van der Waals surface area (Å²) in [5, 5.41) is 0. The summed E-state index contributed by atoms with van der Waals surface area (Å²) in [6.45, 7) is 8.62. The molecule has 4 nitrogen and oxygen atoms in total.